The Hall–Kier alpha value is -0.220. The van der Waals surface area contributed by atoms with Crippen LogP contribution in [-0.4, -0.2) is 34.7 Å². The fourth-order valence-corrected chi connectivity index (χ4v) is 2.34. The summed E-state index contributed by atoms with van der Waals surface area (Å²) in [4.78, 5) is 11.2. The van der Waals surface area contributed by atoms with Gasteiger partial charge >= 0.3 is 0 Å². The van der Waals surface area contributed by atoms with Crippen molar-refractivity contribution in [2.24, 2.45) is 0 Å². The molecular formula is C8H15NO2S. The number of hydrogen-bond acceptors (Lipinski definition) is 3. The highest BCUT2D eigenvalue weighted by molar-refractivity contribution is 8.00. The number of aliphatic hydroxyl groups is 1. The zero-order chi connectivity index (χ0) is 8.97. The Morgan fingerprint density at radius 1 is 1.83 bits per heavy atom. The fraction of sp³-hybridized carbons (Fsp3) is 0.875. The van der Waals surface area contributed by atoms with Crippen LogP contribution in [0, 0.1) is 0 Å². The van der Waals surface area contributed by atoms with Crippen molar-refractivity contribution in [2.75, 3.05) is 12.3 Å². The maximum Gasteiger partial charge on any atom is 0.235 e. The van der Waals surface area contributed by atoms with Crippen LogP contribution in [0.1, 0.15) is 19.8 Å². The Morgan fingerprint density at radius 3 is 3.17 bits per heavy atom. The summed E-state index contributed by atoms with van der Waals surface area (Å²) in [7, 11) is 0. The lowest BCUT2D eigenvalue weighted by atomic mass is 10.1. The van der Waals surface area contributed by atoms with Crippen molar-refractivity contribution in [1.29, 1.82) is 0 Å². The van der Waals surface area contributed by atoms with Crippen molar-refractivity contribution in [3.63, 3.8) is 0 Å². The Kier molecular flexibility index (Phi) is 3.88. The van der Waals surface area contributed by atoms with E-state index in [2.05, 4.69) is 5.32 Å². The maximum absolute atomic E-state index is 11.2. The summed E-state index contributed by atoms with van der Waals surface area (Å²) in [6.07, 6.45) is 1.16. The van der Waals surface area contributed by atoms with Crippen LogP contribution in [0.3, 0.4) is 0 Å². The molecule has 0 aromatic carbocycles. The SMILES string of the molecule is CCC[C@@H](O)[C@@H]1SCCNC1=O. The van der Waals surface area contributed by atoms with E-state index < -0.39 is 6.10 Å². The highest BCUT2D eigenvalue weighted by Crippen LogP contribution is 2.20. The number of hydrogen-bond donors (Lipinski definition) is 2. The van der Waals surface area contributed by atoms with Crippen LogP contribution in [0.25, 0.3) is 0 Å². The summed E-state index contributed by atoms with van der Waals surface area (Å²) < 4.78 is 0. The summed E-state index contributed by atoms with van der Waals surface area (Å²) in [5.74, 6) is 0.907. The maximum atomic E-state index is 11.2. The van der Waals surface area contributed by atoms with Crippen molar-refractivity contribution in [3.8, 4) is 0 Å². The summed E-state index contributed by atoms with van der Waals surface area (Å²) in [6, 6.07) is 0. The highest BCUT2D eigenvalue weighted by Gasteiger charge is 2.28. The third kappa shape index (κ3) is 2.38. The molecule has 2 N–H and O–H groups in total. The molecule has 1 aliphatic rings. The first-order valence-electron chi connectivity index (χ1n) is 4.33. The highest BCUT2D eigenvalue weighted by atomic mass is 32.2. The molecule has 1 aliphatic heterocycles. The normalized spacial score (nSPS) is 26.5. The number of amides is 1. The third-order valence-corrected chi connectivity index (χ3v) is 3.22. The molecule has 3 nitrogen and oxygen atoms in total. The molecule has 0 radical (unpaired) electrons. The van der Waals surface area contributed by atoms with Gasteiger partial charge in [-0.1, -0.05) is 13.3 Å². The Bertz CT molecular complexity index is 163. The van der Waals surface area contributed by atoms with Crippen LogP contribution >= 0.6 is 11.8 Å². The molecule has 70 valence electrons. The molecule has 0 aromatic rings. The number of thioether (sulfide) groups is 1. The molecule has 0 aliphatic carbocycles. The van der Waals surface area contributed by atoms with Crippen molar-refractivity contribution in [3.05, 3.63) is 0 Å². The first-order chi connectivity index (χ1) is 5.75. The lowest BCUT2D eigenvalue weighted by Crippen LogP contribution is -2.45. The molecule has 1 saturated heterocycles. The third-order valence-electron chi connectivity index (χ3n) is 1.89. The van der Waals surface area contributed by atoms with E-state index in [-0.39, 0.29) is 11.2 Å². The standard InChI is InChI=1S/C8H15NO2S/c1-2-3-6(10)7-8(11)9-4-5-12-7/h6-7,10H,2-5H2,1H3,(H,9,11)/t6-,7+/m1/s1. The minimum absolute atomic E-state index is 0.00722. The van der Waals surface area contributed by atoms with Gasteiger partial charge in [0.2, 0.25) is 5.91 Å². The molecular weight excluding hydrogens is 174 g/mol. The minimum Gasteiger partial charge on any atom is -0.391 e. The fourth-order valence-electron chi connectivity index (χ4n) is 1.27. The average molecular weight is 189 g/mol. The zero-order valence-corrected chi connectivity index (χ0v) is 8.06. The summed E-state index contributed by atoms with van der Waals surface area (Å²) in [6.45, 7) is 2.74. The Labute approximate surface area is 76.9 Å². The molecule has 0 bridgehead atoms. The van der Waals surface area contributed by atoms with E-state index in [1.165, 1.54) is 0 Å². The first-order valence-corrected chi connectivity index (χ1v) is 5.38. The molecule has 4 heteroatoms. The predicted molar refractivity (Wildman–Crippen MR) is 50.2 cm³/mol. The van der Waals surface area contributed by atoms with Crippen molar-refractivity contribution >= 4 is 17.7 Å². The second kappa shape index (κ2) is 4.72. The Morgan fingerprint density at radius 2 is 2.58 bits per heavy atom. The van der Waals surface area contributed by atoms with Gasteiger partial charge in [0.1, 0.15) is 5.25 Å². The second-order valence-electron chi connectivity index (χ2n) is 2.94. The molecule has 1 fully saturated rings. The van der Waals surface area contributed by atoms with Gasteiger partial charge in [0.25, 0.3) is 0 Å². The van der Waals surface area contributed by atoms with Gasteiger partial charge in [-0.25, -0.2) is 0 Å². The van der Waals surface area contributed by atoms with Crippen LogP contribution in [0.4, 0.5) is 0 Å². The Balaban J connectivity index is 2.42. The van der Waals surface area contributed by atoms with Crippen LogP contribution in [-0.2, 0) is 4.79 Å². The number of carbonyl (C=O) groups is 1. The molecule has 1 heterocycles. The van der Waals surface area contributed by atoms with Crippen LogP contribution in [0.15, 0.2) is 0 Å². The van der Waals surface area contributed by atoms with Crippen LogP contribution < -0.4 is 5.32 Å². The molecule has 0 aromatic heterocycles. The van der Waals surface area contributed by atoms with Gasteiger partial charge in [0, 0.05) is 12.3 Å². The number of aliphatic hydroxyl groups excluding tert-OH is 1. The molecule has 1 amide bonds. The van der Waals surface area contributed by atoms with E-state index in [1.54, 1.807) is 11.8 Å². The smallest absolute Gasteiger partial charge is 0.235 e. The van der Waals surface area contributed by atoms with Gasteiger partial charge in [-0.15, -0.1) is 11.8 Å². The second-order valence-corrected chi connectivity index (χ2v) is 4.19. The average Bonchev–Trinajstić information content (AvgIpc) is 2.05. The molecule has 2 atom stereocenters. The van der Waals surface area contributed by atoms with E-state index in [0.717, 1.165) is 18.7 Å². The molecule has 0 unspecified atom stereocenters. The van der Waals surface area contributed by atoms with Gasteiger partial charge in [0.15, 0.2) is 0 Å². The van der Waals surface area contributed by atoms with Crippen molar-refractivity contribution < 1.29 is 9.90 Å². The summed E-state index contributed by atoms with van der Waals surface area (Å²) >= 11 is 1.56. The van der Waals surface area contributed by atoms with Crippen molar-refractivity contribution in [1.82, 2.24) is 5.32 Å². The lowest BCUT2D eigenvalue weighted by molar-refractivity contribution is -0.122. The van der Waals surface area contributed by atoms with Crippen molar-refractivity contribution in [2.45, 2.75) is 31.1 Å². The van der Waals surface area contributed by atoms with Crippen LogP contribution in [0.5, 0.6) is 0 Å². The first kappa shape index (κ1) is 9.86. The summed E-state index contributed by atoms with van der Waals surface area (Å²) in [5, 5.41) is 12.1. The van der Waals surface area contributed by atoms with Gasteiger partial charge < -0.3 is 10.4 Å². The largest absolute Gasteiger partial charge is 0.391 e. The van der Waals surface area contributed by atoms with Gasteiger partial charge in [-0.3, -0.25) is 4.79 Å². The van der Waals surface area contributed by atoms with Gasteiger partial charge in [0.05, 0.1) is 6.10 Å². The van der Waals surface area contributed by atoms with E-state index in [4.69, 9.17) is 0 Å². The predicted octanol–water partition coefficient (Wildman–Crippen LogP) is 0.379. The van der Waals surface area contributed by atoms with Gasteiger partial charge in [-0.2, -0.15) is 0 Å². The monoisotopic (exact) mass is 189 g/mol. The number of carbonyl (C=O) groups excluding carboxylic acids is 1. The number of nitrogens with one attached hydrogen (secondary N) is 1. The topological polar surface area (TPSA) is 49.3 Å². The van der Waals surface area contributed by atoms with E-state index in [9.17, 15) is 9.90 Å². The molecule has 0 saturated carbocycles. The van der Waals surface area contributed by atoms with E-state index >= 15 is 0 Å². The quantitative estimate of drug-likeness (QED) is 0.675. The molecule has 1 rings (SSSR count). The lowest BCUT2D eigenvalue weighted by Gasteiger charge is -2.25. The number of rotatable bonds is 3. The molecule has 0 spiro atoms. The molecule has 12 heavy (non-hydrogen) atoms. The van der Waals surface area contributed by atoms with E-state index in [1.807, 2.05) is 6.92 Å². The zero-order valence-electron chi connectivity index (χ0n) is 7.25. The summed E-state index contributed by atoms with van der Waals surface area (Å²) in [5.41, 5.74) is 0. The van der Waals surface area contributed by atoms with E-state index in [0.29, 0.717) is 6.42 Å². The minimum atomic E-state index is -0.472. The van der Waals surface area contributed by atoms with Crippen LogP contribution in [0.2, 0.25) is 0 Å². The van der Waals surface area contributed by atoms with Gasteiger partial charge in [-0.05, 0) is 6.42 Å².